The van der Waals surface area contributed by atoms with Crippen molar-refractivity contribution in [2.45, 2.75) is 6.61 Å². The summed E-state index contributed by atoms with van der Waals surface area (Å²) in [7, 11) is 0. The third-order valence-corrected chi connectivity index (χ3v) is 3.48. The fourth-order valence-corrected chi connectivity index (χ4v) is 1.99. The zero-order valence-electron chi connectivity index (χ0n) is 9.23. The standard InChI is InChI=1S/C11H10Br2N4O/c12-8-4-2-1-3-7(8)6-18-10-9(13)5-15-11(16-10)17-14/h1-5H,6,14H2,(H,15,16,17). The van der Waals surface area contributed by atoms with E-state index in [1.54, 1.807) is 6.20 Å². The van der Waals surface area contributed by atoms with Crippen molar-refractivity contribution in [1.29, 1.82) is 0 Å². The molecular weight excluding hydrogens is 364 g/mol. The van der Waals surface area contributed by atoms with Crippen molar-refractivity contribution in [3.8, 4) is 5.88 Å². The molecule has 18 heavy (non-hydrogen) atoms. The predicted molar refractivity (Wildman–Crippen MR) is 76.0 cm³/mol. The minimum absolute atomic E-state index is 0.306. The SMILES string of the molecule is NNc1ncc(Br)c(OCc2ccccc2Br)n1. The van der Waals surface area contributed by atoms with Crippen LogP contribution in [0.3, 0.4) is 0 Å². The molecular formula is C11H10Br2N4O. The third kappa shape index (κ3) is 3.18. The topological polar surface area (TPSA) is 73.1 Å². The first-order valence-electron chi connectivity index (χ1n) is 5.06. The second-order valence-electron chi connectivity index (χ2n) is 3.37. The molecule has 0 spiro atoms. The van der Waals surface area contributed by atoms with Crippen molar-refractivity contribution >= 4 is 37.8 Å². The number of hydrogen-bond donors (Lipinski definition) is 2. The van der Waals surface area contributed by atoms with Crippen LogP contribution < -0.4 is 16.0 Å². The highest BCUT2D eigenvalue weighted by Crippen LogP contribution is 2.24. The molecule has 2 aromatic rings. The van der Waals surface area contributed by atoms with Crippen LogP contribution in [0.25, 0.3) is 0 Å². The Hall–Kier alpha value is -1.18. The monoisotopic (exact) mass is 372 g/mol. The van der Waals surface area contributed by atoms with Crippen LogP contribution in [0.15, 0.2) is 39.4 Å². The smallest absolute Gasteiger partial charge is 0.240 e. The van der Waals surface area contributed by atoms with E-state index in [1.807, 2.05) is 24.3 Å². The maximum absolute atomic E-state index is 5.62. The molecule has 0 amide bonds. The Morgan fingerprint density at radius 2 is 2.00 bits per heavy atom. The van der Waals surface area contributed by atoms with Crippen molar-refractivity contribution in [2.24, 2.45) is 5.84 Å². The number of halogens is 2. The number of ether oxygens (including phenoxy) is 1. The van der Waals surface area contributed by atoms with Gasteiger partial charge >= 0.3 is 0 Å². The fourth-order valence-electron chi connectivity index (χ4n) is 1.28. The second kappa shape index (κ2) is 6.12. The molecule has 0 fully saturated rings. The molecule has 0 unspecified atom stereocenters. The van der Waals surface area contributed by atoms with Gasteiger partial charge in [0.05, 0.1) is 10.7 Å². The van der Waals surface area contributed by atoms with Gasteiger partial charge in [-0.2, -0.15) is 4.98 Å². The van der Waals surface area contributed by atoms with Gasteiger partial charge in [-0.15, -0.1) is 0 Å². The molecule has 94 valence electrons. The number of aromatic nitrogens is 2. The van der Waals surface area contributed by atoms with Gasteiger partial charge in [0.1, 0.15) is 6.61 Å². The van der Waals surface area contributed by atoms with E-state index in [1.165, 1.54) is 0 Å². The summed E-state index contributed by atoms with van der Waals surface area (Å²) in [5, 5.41) is 0. The van der Waals surface area contributed by atoms with Crippen molar-refractivity contribution in [3.05, 3.63) is 45.0 Å². The van der Waals surface area contributed by atoms with E-state index in [4.69, 9.17) is 10.6 Å². The Balaban J connectivity index is 2.13. The molecule has 1 heterocycles. The predicted octanol–water partition coefficient (Wildman–Crippen LogP) is 2.87. The van der Waals surface area contributed by atoms with E-state index in [-0.39, 0.29) is 0 Å². The van der Waals surface area contributed by atoms with Crippen LogP contribution in [0.4, 0.5) is 5.95 Å². The lowest BCUT2D eigenvalue weighted by molar-refractivity contribution is 0.291. The van der Waals surface area contributed by atoms with Crippen molar-refractivity contribution in [1.82, 2.24) is 9.97 Å². The molecule has 0 saturated heterocycles. The Bertz CT molecular complexity index is 550. The van der Waals surface area contributed by atoms with Gasteiger partial charge in [-0.25, -0.2) is 10.8 Å². The number of hydrazine groups is 1. The highest BCUT2D eigenvalue weighted by molar-refractivity contribution is 9.10. The third-order valence-electron chi connectivity index (χ3n) is 2.16. The molecule has 1 aromatic heterocycles. The number of benzene rings is 1. The van der Waals surface area contributed by atoms with Crippen LogP contribution in [0.2, 0.25) is 0 Å². The summed E-state index contributed by atoms with van der Waals surface area (Å²) < 4.78 is 7.29. The van der Waals surface area contributed by atoms with Gasteiger partial charge in [-0.3, -0.25) is 5.43 Å². The van der Waals surface area contributed by atoms with Crippen LogP contribution in [0, 0.1) is 0 Å². The minimum Gasteiger partial charge on any atom is -0.472 e. The van der Waals surface area contributed by atoms with Gasteiger partial charge in [-0.1, -0.05) is 34.1 Å². The van der Waals surface area contributed by atoms with E-state index in [0.717, 1.165) is 10.0 Å². The van der Waals surface area contributed by atoms with Gasteiger partial charge in [0.25, 0.3) is 0 Å². The summed E-state index contributed by atoms with van der Waals surface area (Å²) in [4.78, 5) is 8.05. The average molecular weight is 374 g/mol. The Morgan fingerprint density at radius 3 is 2.72 bits per heavy atom. The highest BCUT2D eigenvalue weighted by atomic mass is 79.9. The van der Waals surface area contributed by atoms with E-state index >= 15 is 0 Å². The highest BCUT2D eigenvalue weighted by Gasteiger charge is 2.07. The molecule has 7 heteroatoms. The van der Waals surface area contributed by atoms with Crippen LogP contribution in [0.5, 0.6) is 5.88 Å². The van der Waals surface area contributed by atoms with Crippen LogP contribution in [-0.4, -0.2) is 9.97 Å². The van der Waals surface area contributed by atoms with E-state index in [9.17, 15) is 0 Å². The molecule has 0 saturated carbocycles. The van der Waals surface area contributed by atoms with Gasteiger partial charge in [0.2, 0.25) is 11.8 Å². The lowest BCUT2D eigenvalue weighted by Gasteiger charge is -2.09. The van der Waals surface area contributed by atoms with Crippen molar-refractivity contribution in [2.75, 3.05) is 5.43 Å². The van der Waals surface area contributed by atoms with E-state index in [0.29, 0.717) is 22.9 Å². The number of rotatable bonds is 4. The number of anilines is 1. The number of nitrogens with zero attached hydrogens (tertiary/aromatic N) is 2. The quantitative estimate of drug-likeness (QED) is 0.636. The largest absolute Gasteiger partial charge is 0.472 e. The number of hydrogen-bond acceptors (Lipinski definition) is 5. The van der Waals surface area contributed by atoms with Crippen molar-refractivity contribution < 1.29 is 4.74 Å². The Kier molecular flexibility index (Phi) is 4.51. The Morgan fingerprint density at radius 1 is 1.22 bits per heavy atom. The van der Waals surface area contributed by atoms with Gasteiger partial charge < -0.3 is 4.74 Å². The lowest BCUT2D eigenvalue weighted by Crippen LogP contribution is -2.11. The summed E-state index contributed by atoms with van der Waals surface area (Å²) >= 11 is 6.78. The summed E-state index contributed by atoms with van der Waals surface area (Å²) in [5.41, 5.74) is 3.40. The number of nitrogens with one attached hydrogen (secondary N) is 1. The summed E-state index contributed by atoms with van der Waals surface area (Å²) in [6.07, 6.45) is 1.58. The lowest BCUT2D eigenvalue weighted by atomic mass is 10.2. The van der Waals surface area contributed by atoms with Gasteiger partial charge in [0.15, 0.2) is 0 Å². The van der Waals surface area contributed by atoms with Crippen LogP contribution >= 0.6 is 31.9 Å². The first-order chi connectivity index (χ1) is 8.70. The summed E-state index contributed by atoms with van der Waals surface area (Å²) in [6.45, 7) is 0.404. The second-order valence-corrected chi connectivity index (χ2v) is 5.08. The molecule has 0 radical (unpaired) electrons. The molecule has 0 aliphatic rings. The fraction of sp³-hybridized carbons (Fsp3) is 0.0909. The van der Waals surface area contributed by atoms with Crippen LogP contribution in [0.1, 0.15) is 5.56 Å². The van der Waals surface area contributed by atoms with Gasteiger partial charge in [0, 0.05) is 10.0 Å². The maximum Gasteiger partial charge on any atom is 0.240 e. The summed E-state index contributed by atoms with van der Waals surface area (Å²) in [5.74, 6) is 5.99. The van der Waals surface area contributed by atoms with Crippen molar-refractivity contribution in [3.63, 3.8) is 0 Å². The summed E-state index contributed by atoms with van der Waals surface area (Å²) in [6, 6.07) is 7.83. The number of nitrogen functional groups attached to an aromatic ring is 1. The molecule has 2 rings (SSSR count). The maximum atomic E-state index is 5.62. The molecule has 3 N–H and O–H groups in total. The van der Waals surface area contributed by atoms with E-state index < -0.39 is 0 Å². The first kappa shape index (κ1) is 13.3. The first-order valence-corrected chi connectivity index (χ1v) is 6.64. The zero-order chi connectivity index (χ0) is 13.0. The minimum atomic E-state index is 0.306. The molecule has 0 aliphatic heterocycles. The number of nitrogens with two attached hydrogens (primary N) is 1. The molecule has 5 nitrogen and oxygen atoms in total. The zero-order valence-corrected chi connectivity index (χ0v) is 12.4. The average Bonchev–Trinajstić information content (AvgIpc) is 2.39. The van der Waals surface area contributed by atoms with Crippen LogP contribution in [-0.2, 0) is 6.61 Å². The molecule has 0 bridgehead atoms. The normalized spacial score (nSPS) is 10.2. The van der Waals surface area contributed by atoms with Gasteiger partial charge in [-0.05, 0) is 22.0 Å². The molecule has 1 aromatic carbocycles. The Labute approximate surface area is 121 Å². The van der Waals surface area contributed by atoms with E-state index in [2.05, 4.69) is 47.3 Å². The molecule has 0 aliphatic carbocycles. The molecule has 0 atom stereocenters.